The summed E-state index contributed by atoms with van der Waals surface area (Å²) in [6, 6.07) is -0.416. The van der Waals surface area contributed by atoms with Crippen molar-refractivity contribution in [1.82, 2.24) is 15.1 Å². The average Bonchev–Trinajstić information content (AvgIpc) is 3.20. The normalized spacial score (nSPS) is 27.9. The molecular formula is C17H26N4O3. The van der Waals surface area contributed by atoms with Gasteiger partial charge in [0.1, 0.15) is 17.4 Å². The third-order valence-corrected chi connectivity index (χ3v) is 6.02. The highest BCUT2D eigenvalue weighted by Gasteiger charge is 2.42. The lowest BCUT2D eigenvalue weighted by atomic mass is 9.84. The van der Waals surface area contributed by atoms with Crippen LogP contribution < -0.4 is 5.32 Å². The average molecular weight is 334 g/mol. The van der Waals surface area contributed by atoms with E-state index in [1.54, 1.807) is 20.8 Å². The molecule has 1 aromatic heterocycles. The van der Waals surface area contributed by atoms with Gasteiger partial charge >= 0.3 is 5.69 Å². The van der Waals surface area contributed by atoms with Crippen molar-refractivity contribution in [2.45, 2.75) is 65.5 Å². The number of nitro groups is 1. The van der Waals surface area contributed by atoms with E-state index in [1.807, 2.05) is 0 Å². The number of nitrogens with zero attached hydrogens (tertiary/aromatic N) is 3. The Morgan fingerprint density at radius 3 is 2.54 bits per heavy atom. The van der Waals surface area contributed by atoms with Crippen molar-refractivity contribution in [3.63, 3.8) is 0 Å². The minimum Gasteiger partial charge on any atom is -0.352 e. The van der Waals surface area contributed by atoms with Gasteiger partial charge in [-0.25, -0.2) is 0 Å². The van der Waals surface area contributed by atoms with Gasteiger partial charge in [-0.15, -0.1) is 0 Å². The Bertz CT molecular complexity index is 669. The highest BCUT2D eigenvalue weighted by Crippen LogP contribution is 2.49. The molecule has 2 fully saturated rings. The Balaban J connectivity index is 1.69. The predicted octanol–water partition coefficient (Wildman–Crippen LogP) is 2.91. The van der Waals surface area contributed by atoms with E-state index in [9.17, 15) is 14.9 Å². The molecule has 132 valence electrons. The molecule has 0 radical (unpaired) electrons. The van der Waals surface area contributed by atoms with E-state index in [4.69, 9.17) is 0 Å². The quantitative estimate of drug-likeness (QED) is 0.662. The molecule has 24 heavy (non-hydrogen) atoms. The van der Waals surface area contributed by atoms with Crippen LogP contribution in [0.4, 0.5) is 5.69 Å². The number of nitrogens with one attached hydrogen (secondary N) is 1. The Labute approximate surface area is 142 Å². The van der Waals surface area contributed by atoms with Crippen LogP contribution in [0.2, 0.25) is 0 Å². The van der Waals surface area contributed by atoms with Crippen LogP contribution in [0.5, 0.6) is 0 Å². The lowest BCUT2D eigenvalue weighted by Gasteiger charge is -2.29. The third-order valence-electron chi connectivity index (χ3n) is 6.02. The largest absolute Gasteiger partial charge is 0.352 e. The molecule has 0 aromatic carbocycles. The fourth-order valence-electron chi connectivity index (χ4n) is 4.76. The summed E-state index contributed by atoms with van der Waals surface area (Å²) in [7, 11) is 0. The van der Waals surface area contributed by atoms with Gasteiger partial charge in [-0.2, -0.15) is 5.10 Å². The predicted molar refractivity (Wildman–Crippen MR) is 89.6 cm³/mol. The van der Waals surface area contributed by atoms with E-state index in [0.717, 1.165) is 11.8 Å². The molecule has 7 heteroatoms. The highest BCUT2D eigenvalue weighted by atomic mass is 16.6. The van der Waals surface area contributed by atoms with Gasteiger partial charge in [0.2, 0.25) is 5.91 Å². The number of carbonyl (C=O) groups is 1. The summed E-state index contributed by atoms with van der Waals surface area (Å²) in [5.41, 5.74) is 0.766. The second-order valence-electron chi connectivity index (χ2n) is 7.53. The van der Waals surface area contributed by atoms with Crippen LogP contribution in [0, 0.1) is 41.7 Å². The van der Waals surface area contributed by atoms with Crippen molar-refractivity contribution in [2.24, 2.45) is 17.8 Å². The van der Waals surface area contributed by atoms with Crippen LogP contribution >= 0.6 is 0 Å². The van der Waals surface area contributed by atoms with Gasteiger partial charge < -0.3 is 5.32 Å². The minimum absolute atomic E-state index is 0.00389. The van der Waals surface area contributed by atoms with E-state index >= 15 is 0 Å². The molecule has 5 atom stereocenters. The molecule has 7 nitrogen and oxygen atoms in total. The van der Waals surface area contributed by atoms with Gasteiger partial charge in [-0.3, -0.25) is 19.6 Å². The third kappa shape index (κ3) is 2.80. The van der Waals surface area contributed by atoms with Crippen molar-refractivity contribution < 1.29 is 9.72 Å². The SMILES string of the molecule is Cc1nn([C@H](C)C(=O)N[C@H](C)[C@H]2C[C@H]3CC[C@H]2C3)c(C)c1[N+](=O)[O-]. The van der Waals surface area contributed by atoms with E-state index in [-0.39, 0.29) is 17.6 Å². The van der Waals surface area contributed by atoms with Crippen LogP contribution in [0.3, 0.4) is 0 Å². The lowest BCUT2D eigenvalue weighted by Crippen LogP contribution is -2.43. The molecule has 2 aliphatic rings. The zero-order valence-electron chi connectivity index (χ0n) is 14.8. The summed E-state index contributed by atoms with van der Waals surface area (Å²) in [6.45, 7) is 7.07. The number of aryl methyl sites for hydroxylation is 1. The summed E-state index contributed by atoms with van der Waals surface area (Å²) >= 11 is 0. The first kappa shape index (κ1) is 16.9. The van der Waals surface area contributed by atoms with Gasteiger partial charge in [-0.05, 0) is 64.7 Å². The first-order chi connectivity index (χ1) is 11.3. The van der Waals surface area contributed by atoms with Crippen LogP contribution in [-0.2, 0) is 4.79 Å². The van der Waals surface area contributed by atoms with Crippen molar-refractivity contribution >= 4 is 11.6 Å². The Morgan fingerprint density at radius 2 is 2.04 bits per heavy atom. The molecule has 0 saturated heterocycles. The summed E-state index contributed by atoms with van der Waals surface area (Å²) in [5, 5.41) is 18.5. The fraction of sp³-hybridized carbons (Fsp3) is 0.765. The zero-order chi connectivity index (χ0) is 17.6. The first-order valence-corrected chi connectivity index (χ1v) is 8.80. The Kier molecular flexibility index (Phi) is 4.36. The second kappa shape index (κ2) is 6.18. The molecule has 1 aromatic rings. The monoisotopic (exact) mass is 334 g/mol. The zero-order valence-corrected chi connectivity index (χ0v) is 14.8. The van der Waals surface area contributed by atoms with Gasteiger partial charge in [-0.1, -0.05) is 6.42 Å². The van der Waals surface area contributed by atoms with Gasteiger partial charge in [0, 0.05) is 6.04 Å². The lowest BCUT2D eigenvalue weighted by molar-refractivity contribution is -0.386. The first-order valence-electron chi connectivity index (χ1n) is 8.80. The number of carbonyl (C=O) groups excluding carboxylic acids is 1. The smallest absolute Gasteiger partial charge is 0.312 e. The number of rotatable bonds is 5. The van der Waals surface area contributed by atoms with E-state index in [2.05, 4.69) is 17.3 Å². The second-order valence-corrected chi connectivity index (χ2v) is 7.53. The maximum absolute atomic E-state index is 12.6. The molecular weight excluding hydrogens is 308 g/mol. The van der Waals surface area contributed by atoms with Crippen molar-refractivity contribution in [3.8, 4) is 0 Å². The molecule has 2 bridgehead atoms. The summed E-state index contributed by atoms with van der Waals surface area (Å²) in [4.78, 5) is 23.3. The molecule has 0 spiro atoms. The van der Waals surface area contributed by atoms with E-state index in [0.29, 0.717) is 17.3 Å². The highest BCUT2D eigenvalue weighted by molar-refractivity contribution is 5.80. The van der Waals surface area contributed by atoms with Crippen LogP contribution in [0.15, 0.2) is 0 Å². The standard InChI is InChI=1S/C17H26N4O3/c1-9(15-8-13-5-6-14(15)7-13)18-17(22)12(4)20-11(3)16(21(23)24)10(2)19-20/h9,12-15H,5-8H2,1-4H3,(H,18,22)/t9-,12-,13+,14+,15-/m1/s1. The molecule has 1 amide bonds. The number of hydrogen-bond donors (Lipinski definition) is 1. The maximum Gasteiger partial charge on any atom is 0.312 e. The van der Waals surface area contributed by atoms with Gasteiger partial charge in [0.25, 0.3) is 0 Å². The number of fused-ring (bicyclic) bond motifs is 2. The molecule has 1 N–H and O–H groups in total. The van der Waals surface area contributed by atoms with Crippen LogP contribution in [0.1, 0.15) is 57.0 Å². The van der Waals surface area contributed by atoms with Gasteiger partial charge in [0.15, 0.2) is 0 Å². The topological polar surface area (TPSA) is 90.1 Å². The van der Waals surface area contributed by atoms with Gasteiger partial charge in [0.05, 0.1) is 4.92 Å². The van der Waals surface area contributed by atoms with Crippen LogP contribution in [-0.4, -0.2) is 26.7 Å². The summed E-state index contributed by atoms with van der Waals surface area (Å²) in [6.07, 6.45) is 5.15. The summed E-state index contributed by atoms with van der Waals surface area (Å²) in [5.74, 6) is 2.03. The number of hydrogen-bond acceptors (Lipinski definition) is 4. The van der Waals surface area contributed by atoms with Crippen LogP contribution in [0.25, 0.3) is 0 Å². The molecule has 0 aliphatic heterocycles. The van der Waals surface area contributed by atoms with Crippen molar-refractivity contribution in [1.29, 1.82) is 0 Å². The van der Waals surface area contributed by atoms with Crippen molar-refractivity contribution in [2.75, 3.05) is 0 Å². The number of aromatic nitrogens is 2. The molecule has 1 heterocycles. The molecule has 2 saturated carbocycles. The van der Waals surface area contributed by atoms with Crippen molar-refractivity contribution in [3.05, 3.63) is 21.5 Å². The minimum atomic E-state index is -0.557. The molecule has 3 rings (SSSR count). The molecule has 0 unspecified atom stereocenters. The van der Waals surface area contributed by atoms with E-state index in [1.165, 1.54) is 30.4 Å². The Hall–Kier alpha value is -1.92. The number of amides is 1. The Morgan fingerprint density at radius 1 is 1.33 bits per heavy atom. The summed E-state index contributed by atoms with van der Waals surface area (Å²) < 4.78 is 1.47. The van der Waals surface area contributed by atoms with E-state index < -0.39 is 11.0 Å². The molecule has 2 aliphatic carbocycles. The fourth-order valence-corrected chi connectivity index (χ4v) is 4.76. The maximum atomic E-state index is 12.6.